The van der Waals surface area contributed by atoms with Crippen molar-refractivity contribution in [2.45, 2.75) is 96.4 Å². The molecule has 0 spiro atoms. The summed E-state index contributed by atoms with van der Waals surface area (Å²) in [7, 11) is 6.55. The number of hydrogen-bond donors (Lipinski definition) is 1. The molecular formula is C19H42NO+. The van der Waals surface area contributed by atoms with Crippen LogP contribution in [0.2, 0.25) is 0 Å². The number of nitrogens with zero attached hydrogens (tertiary/aromatic N) is 1. The summed E-state index contributed by atoms with van der Waals surface area (Å²) in [6.45, 7) is 2.60. The van der Waals surface area contributed by atoms with Gasteiger partial charge in [-0.25, -0.2) is 0 Å². The molecule has 0 saturated carbocycles. The Morgan fingerprint density at radius 2 is 1.05 bits per heavy atom. The fourth-order valence-electron chi connectivity index (χ4n) is 2.94. The summed E-state index contributed by atoms with van der Waals surface area (Å²) in [4.78, 5) is 0. The molecule has 0 radical (unpaired) electrons. The molecular weight excluding hydrogens is 258 g/mol. The lowest BCUT2D eigenvalue weighted by Gasteiger charge is -2.33. The minimum atomic E-state index is 0.321. The van der Waals surface area contributed by atoms with Gasteiger partial charge in [-0.1, -0.05) is 77.6 Å². The van der Waals surface area contributed by atoms with Gasteiger partial charge in [-0.15, -0.1) is 0 Å². The largest absolute Gasteiger partial charge is 0.390 e. The first-order valence-electron chi connectivity index (χ1n) is 9.44. The van der Waals surface area contributed by atoms with E-state index < -0.39 is 0 Å². The van der Waals surface area contributed by atoms with Crippen LogP contribution in [0, 0.1) is 0 Å². The molecule has 1 atom stereocenters. The smallest absolute Gasteiger partial charge is 0.112 e. The fraction of sp³-hybridized carbons (Fsp3) is 1.00. The van der Waals surface area contributed by atoms with E-state index in [9.17, 15) is 5.11 Å². The molecule has 0 aliphatic carbocycles. The summed E-state index contributed by atoms with van der Waals surface area (Å²) in [6, 6.07) is 0.410. The Morgan fingerprint density at radius 1 is 0.667 bits per heavy atom. The van der Waals surface area contributed by atoms with Gasteiger partial charge in [-0.05, 0) is 6.42 Å². The van der Waals surface area contributed by atoms with Crippen LogP contribution in [-0.2, 0) is 0 Å². The average Bonchev–Trinajstić information content (AvgIpc) is 2.42. The lowest BCUT2D eigenvalue weighted by atomic mass is 10.0. The monoisotopic (exact) mass is 300 g/mol. The van der Waals surface area contributed by atoms with Crippen molar-refractivity contribution < 1.29 is 9.59 Å². The first-order valence-corrected chi connectivity index (χ1v) is 9.44. The first kappa shape index (κ1) is 20.9. The predicted octanol–water partition coefficient (Wildman–Crippen LogP) is 5.14. The van der Waals surface area contributed by atoms with Gasteiger partial charge in [0.25, 0.3) is 0 Å². The van der Waals surface area contributed by atoms with Gasteiger partial charge in [-0.3, -0.25) is 0 Å². The third kappa shape index (κ3) is 13.3. The van der Waals surface area contributed by atoms with Gasteiger partial charge in [0.2, 0.25) is 0 Å². The van der Waals surface area contributed by atoms with Crippen molar-refractivity contribution in [2.75, 3.05) is 27.7 Å². The summed E-state index contributed by atoms with van der Waals surface area (Å²) in [6.07, 6.45) is 18.0. The standard InChI is InChI=1S/C19H42NO/c1-5-6-7-8-9-10-11-12-13-14-15-16-17-19(18-21)20(2,3)4/h19,21H,5-18H2,1-4H3/q+1. The van der Waals surface area contributed by atoms with E-state index in [1.54, 1.807) is 0 Å². The third-order valence-electron chi connectivity index (χ3n) is 4.70. The highest BCUT2D eigenvalue weighted by molar-refractivity contribution is 4.57. The quantitative estimate of drug-likeness (QED) is 0.328. The van der Waals surface area contributed by atoms with E-state index in [0.29, 0.717) is 12.6 Å². The van der Waals surface area contributed by atoms with Crippen LogP contribution in [0.3, 0.4) is 0 Å². The van der Waals surface area contributed by atoms with E-state index in [4.69, 9.17) is 0 Å². The first-order chi connectivity index (χ1) is 10.0. The highest BCUT2D eigenvalue weighted by atomic mass is 16.3. The number of rotatable bonds is 15. The summed E-state index contributed by atoms with van der Waals surface area (Å²) in [5, 5.41) is 9.42. The van der Waals surface area contributed by atoms with Crippen molar-refractivity contribution in [3.05, 3.63) is 0 Å². The van der Waals surface area contributed by atoms with E-state index in [2.05, 4.69) is 28.1 Å². The van der Waals surface area contributed by atoms with E-state index in [1.807, 2.05) is 0 Å². The van der Waals surface area contributed by atoms with E-state index in [-0.39, 0.29) is 0 Å². The maximum absolute atomic E-state index is 9.42. The molecule has 0 rings (SSSR count). The maximum Gasteiger partial charge on any atom is 0.112 e. The van der Waals surface area contributed by atoms with Gasteiger partial charge in [0.05, 0.1) is 27.7 Å². The zero-order valence-electron chi connectivity index (χ0n) is 15.4. The number of quaternary nitrogens is 1. The zero-order valence-corrected chi connectivity index (χ0v) is 15.4. The summed E-state index contributed by atoms with van der Waals surface area (Å²) < 4.78 is 0.883. The highest BCUT2D eigenvalue weighted by Gasteiger charge is 2.21. The minimum absolute atomic E-state index is 0.321. The molecule has 0 aliphatic rings. The fourth-order valence-corrected chi connectivity index (χ4v) is 2.94. The summed E-state index contributed by atoms with van der Waals surface area (Å²) >= 11 is 0. The second-order valence-corrected chi connectivity index (χ2v) is 7.63. The van der Waals surface area contributed by atoms with Crippen LogP contribution in [0.25, 0.3) is 0 Å². The van der Waals surface area contributed by atoms with Crippen molar-refractivity contribution in [1.29, 1.82) is 0 Å². The molecule has 0 aromatic carbocycles. The molecule has 0 heterocycles. The lowest BCUT2D eigenvalue weighted by Crippen LogP contribution is -2.47. The van der Waals surface area contributed by atoms with Crippen LogP contribution >= 0.6 is 0 Å². The van der Waals surface area contributed by atoms with Crippen molar-refractivity contribution in [1.82, 2.24) is 0 Å². The molecule has 1 unspecified atom stereocenters. The Kier molecular flexibility index (Phi) is 13.5. The summed E-state index contributed by atoms with van der Waals surface area (Å²) in [5.74, 6) is 0. The molecule has 0 aromatic heterocycles. The van der Waals surface area contributed by atoms with Crippen molar-refractivity contribution >= 4 is 0 Å². The molecule has 21 heavy (non-hydrogen) atoms. The van der Waals surface area contributed by atoms with Gasteiger partial charge < -0.3 is 9.59 Å². The molecule has 0 fully saturated rings. The highest BCUT2D eigenvalue weighted by Crippen LogP contribution is 2.15. The summed E-state index contributed by atoms with van der Waals surface area (Å²) in [5.41, 5.74) is 0. The number of unbranched alkanes of at least 4 members (excludes halogenated alkanes) is 11. The predicted molar refractivity (Wildman–Crippen MR) is 94.6 cm³/mol. The minimum Gasteiger partial charge on any atom is -0.390 e. The van der Waals surface area contributed by atoms with Gasteiger partial charge in [0.15, 0.2) is 0 Å². The molecule has 0 amide bonds. The van der Waals surface area contributed by atoms with Gasteiger partial charge in [-0.2, -0.15) is 0 Å². The average molecular weight is 301 g/mol. The molecule has 2 nitrogen and oxygen atoms in total. The molecule has 1 N–H and O–H groups in total. The molecule has 0 bridgehead atoms. The van der Waals surface area contributed by atoms with E-state index >= 15 is 0 Å². The number of aliphatic hydroxyl groups excluding tert-OH is 1. The maximum atomic E-state index is 9.42. The van der Waals surface area contributed by atoms with Crippen molar-refractivity contribution in [3.63, 3.8) is 0 Å². The normalized spacial score (nSPS) is 13.6. The van der Waals surface area contributed by atoms with Gasteiger partial charge in [0.1, 0.15) is 6.04 Å². The molecule has 0 saturated heterocycles. The zero-order chi connectivity index (χ0) is 16.0. The van der Waals surface area contributed by atoms with E-state index in [0.717, 1.165) is 10.9 Å². The molecule has 0 aromatic rings. The van der Waals surface area contributed by atoms with Crippen LogP contribution in [0.4, 0.5) is 0 Å². The Labute approximate surface area is 134 Å². The molecule has 0 aliphatic heterocycles. The SMILES string of the molecule is CCCCCCCCCCCCCCC(CO)[N+](C)(C)C. The van der Waals surface area contributed by atoms with E-state index in [1.165, 1.54) is 77.0 Å². The third-order valence-corrected chi connectivity index (χ3v) is 4.70. The lowest BCUT2D eigenvalue weighted by molar-refractivity contribution is -0.897. The van der Waals surface area contributed by atoms with Crippen molar-refractivity contribution in [3.8, 4) is 0 Å². The Morgan fingerprint density at radius 3 is 1.38 bits per heavy atom. The second-order valence-electron chi connectivity index (χ2n) is 7.63. The number of likely N-dealkylation sites (N-methyl/N-ethyl adjacent to an activating group) is 1. The number of hydrogen-bond acceptors (Lipinski definition) is 1. The molecule has 128 valence electrons. The van der Waals surface area contributed by atoms with Crippen LogP contribution in [-0.4, -0.2) is 43.4 Å². The number of aliphatic hydroxyl groups is 1. The van der Waals surface area contributed by atoms with Gasteiger partial charge >= 0.3 is 0 Å². The van der Waals surface area contributed by atoms with Crippen molar-refractivity contribution in [2.24, 2.45) is 0 Å². The molecule has 2 heteroatoms. The Balaban J connectivity index is 3.26. The van der Waals surface area contributed by atoms with Crippen LogP contribution in [0.5, 0.6) is 0 Å². The Bertz CT molecular complexity index is 210. The topological polar surface area (TPSA) is 20.2 Å². The second kappa shape index (κ2) is 13.6. The van der Waals surface area contributed by atoms with Crippen LogP contribution in [0.15, 0.2) is 0 Å². The Hall–Kier alpha value is -0.0800. The van der Waals surface area contributed by atoms with Crippen LogP contribution < -0.4 is 0 Å². The van der Waals surface area contributed by atoms with Gasteiger partial charge in [0, 0.05) is 6.42 Å². The van der Waals surface area contributed by atoms with Crippen LogP contribution in [0.1, 0.15) is 90.4 Å².